The van der Waals surface area contributed by atoms with Crippen LogP contribution in [0.5, 0.6) is 5.75 Å². The van der Waals surface area contributed by atoms with Crippen molar-refractivity contribution in [2.24, 2.45) is 0 Å². The van der Waals surface area contributed by atoms with E-state index < -0.39 is 0 Å². The third-order valence-electron chi connectivity index (χ3n) is 3.31. The second-order valence-electron chi connectivity index (χ2n) is 5.12. The zero-order valence-corrected chi connectivity index (χ0v) is 15.8. The molecule has 0 saturated carbocycles. The van der Waals surface area contributed by atoms with E-state index in [9.17, 15) is 4.39 Å². The van der Waals surface area contributed by atoms with E-state index in [1.165, 1.54) is 18.5 Å². The smallest absolute Gasteiger partial charge is 0.158 e. The first kappa shape index (κ1) is 17.7. The van der Waals surface area contributed by atoms with Crippen LogP contribution in [0.1, 0.15) is 5.56 Å². The molecule has 3 N–H and O–H groups in total. The molecule has 2 aromatic carbocycles. The highest BCUT2D eigenvalue weighted by atomic mass is 127. The van der Waals surface area contributed by atoms with Gasteiger partial charge in [0, 0.05) is 5.69 Å². The van der Waals surface area contributed by atoms with Gasteiger partial charge >= 0.3 is 0 Å². The minimum atomic E-state index is -0.302. The maximum absolute atomic E-state index is 13.2. The van der Waals surface area contributed by atoms with Crippen LogP contribution in [-0.2, 0) is 6.61 Å². The van der Waals surface area contributed by atoms with Crippen molar-refractivity contribution in [1.82, 2.24) is 9.97 Å². The monoisotopic (exact) mass is 470 g/mol. The average molecular weight is 471 g/mol. The summed E-state index contributed by atoms with van der Waals surface area (Å²) in [5, 5.41) is 3.51. The van der Waals surface area contributed by atoms with Crippen LogP contribution >= 0.6 is 34.2 Å². The molecule has 1 heterocycles. The Hall–Kier alpha value is -2.13. The molecule has 5 nitrogen and oxygen atoms in total. The number of aromatic nitrogens is 2. The van der Waals surface area contributed by atoms with Crippen molar-refractivity contribution in [3.63, 3.8) is 0 Å². The summed E-state index contributed by atoms with van der Waals surface area (Å²) < 4.78 is 19.5. The Morgan fingerprint density at radius 3 is 2.80 bits per heavy atom. The van der Waals surface area contributed by atoms with Gasteiger partial charge in [0.05, 0.1) is 5.02 Å². The largest absolute Gasteiger partial charge is 0.487 e. The van der Waals surface area contributed by atoms with Gasteiger partial charge in [-0.2, -0.15) is 0 Å². The van der Waals surface area contributed by atoms with Crippen molar-refractivity contribution in [2.75, 3.05) is 11.1 Å². The molecule has 3 rings (SSSR count). The van der Waals surface area contributed by atoms with Crippen LogP contribution in [0.15, 0.2) is 48.8 Å². The quantitative estimate of drug-likeness (QED) is 0.415. The summed E-state index contributed by atoms with van der Waals surface area (Å²) in [5.74, 6) is 0.703. The van der Waals surface area contributed by atoms with Gasteiger partial charge in [-0.15, -0.1) is 0 Å². The number of nitrogen functional groups attached to an aromatic ring is 1. The predicted octanol–water partition coefficient (Wildman–Crippen LogP) is 4.78. The van der Waals surface area contributed by atoms with E-state index in [0.29, 0.717) is 31.7 Å². The van der Waals surface area contributed by atoms with Crippen molar-refractivity contribution >= 4 is 51.4 Å². The van der Waals surface area contributed by atoms with Gasteiger partial charge in [0.2, 0.25) is 0 Å². The van der Waals surface area contributed by atoms with Gasteiger partial charge < -0.3 is 15.8 Å². The number of hydrogen-bond acceptors (Lipinski definition) is 5. The number of ether oxygens (including phenoxy) is 1. The van der Waals surface area contributed by atoms with Crippen molar-refractivity contribution < 1.29 is 9.13 Å². The van der Waals surface area contributed by atoms with Gasteiger partial charge in [0.15, 0.2) is 5.82 Å². The first-order valence-electron chi connectivity index (χ1n) is 7.22. The van der Waals surface area contributed by atoms with Crippen molar-refractivity contribution in [3.8, 4) is 5.75 Å². The zero-order valence-electron chi connectivity index (χ0n) is 12.8. The molecule has 128 valence electrons. The summed E-state index contributed by atoms with van der Waals surface area (Å²) in [6, 6.07) is 11.5. The minimum absolute atomic E-state index is 0.224. The summed E-state index contributed by atoms with van der Waals surface area (Å²) in [6.45, 7) is 0.224. The van der Waals surface area contributed by atoms with Gasteiger partial charge in [-0.1, -0.05) is 23.7 Å². The number of nitrogens with zero attached hydrogens (tertiary/aromatic N) is 2. The van der Waals surface area contributed by atoms with Gasteiger partial charge in [-0.25, -0.2) is 14.4 Å². The molecule has 0 saturated heterocycles. The molecule has 0 atom stereocenters. The molecule has 1 aromatic heterocycles. The molecule has 0 amide bonds. The summed E-state index contributed by atoms with van der Waals surface area (Å²) >= 11 is 8.29. The molecule has 0 aliphatic rings. The van der Waals surface area contributed by atoms with Crippen LogP contribution < -0.4 is 15.8 Å². The van der Waals surface area contributed by atoms with Gasteiger partial charge in [-0.3, -0.25) is 0 Å². The fourth-order valence-electron chi connectivity index (χ4n) is 2.09. The number of hydrogen-bond donors (Lipinski definition) is 2. The molecule has 8 heteroatoms. The molecular formula is C17H13ClFIN4O. The molecule has 0 radical (unpaired) electrons. The number of rotatable bonds is 5. The molecule has 25 heavy (non-hydrogen) atoms. The number of anilines is 3. The van der Waals surface area contributed by atoms with E-state index in [-0.39, 0.29) is 12.4 Å². The highest BCUT2D eigenvalue weighted by Crippen LogP contribution is 2.31. The van der Waals surface area contributed by atoms with Crippen LogP contribution in [0.4, 0.5) is 21.6 Å². The summed E-state index contributed by atoms with van der Waals surface area (Å²) in [5.41, 5.74) is 7.84. The molecule has 0 fully saturated rings. The Morgan fingerprint density at radius 1 is 1.20 bits per heavy atom. The van der Waals surface area contributed by atoms with Crippen LogP contribution in [-0.4, -0.2) is 9.97 Å². The normalized spacial score (nSPS) is 10.5. The molecule has 0 aliphatic carbocycles. The molecule has 0 aliphatic heterocycles. The Kier molecular flexibility index (Phi) is 5.54. The summed E-state index contributed by atoms with van der Waals surface area (Å²) in [4.78, 5) is 8.12. The lowest BCUT2D eigenvalue weighted by atomic mass is 10.2. The standard InChI is InChI=1S/C17H13ClFIN4O/c18-13-7-12(24-17-15(21)16(20)22-9-23-17)4-5-14(13)25-8-10-2-1-3-11(19)6-10/h1-7,9H,8,21H2,(H,22,23,24). The Labute approximate surface area is 162 Å². The first-order valence-corrected chi connectivity index (χ1v) is 8.68. The predicted molar refractivity (Wildman–Crippen MR) is 105 cm³/mol. The number of benzene rings is 2. The number of nitrogens with one attached hydrogen (secondary N) is 1. The van der Waals surface area contributed by atoms with Gasteiger partial charge in [-0.05, 0) is 58.5 Å². The lowest BCUT2D eigenvalue weighted by Gasteiger charge is -2.12. The third kappa shape index (κ3) is 4.49. The van der Waals surface area contributed by atoms with Gasteiger partial charge in [0.1, 0.15) is 33.9 Å². The molecule has 0 spiro atoms. The molecular weight excluding hydrogens is 458 g/mol. The molecule has 0 bridgehead atoms. The lowest BCUT2D eigenvalue weighted by molar-refractivity contribution is 0.306. The summed E-state index contributed by atoms with van der Waals surface area (Å²) in [7, 11) is 0. The maximum Gasteiger partial charge on any atom is 0.158 e. The van der Waals surface area contributed by atoms with Crippen LogP contribution in [0, 0.1) is 9.52 Å². The van der Waals surface area contributed by atoms with E-state index in [1.807, 2.05) is 22.6 Å². The fourth-order valence-corrected chi connectivity index (χ4v) is 2.71. The van der Waals surface area contributed by atoms with E-state index in [1.54, 1.807) is 30.3 Å². The van der Waals surface area contributed by atoms with Crippen LogP contribution in [0.2, 0.25) is 5.02 Å². The first-order chi connectivity index (χ1) is 12.0. The minimum Gasteiger partial charge on any atom is -0.487 e. The van der Waals surface area contributed by atoms with Crippen molar-refractivity contribution in [2.45, 2.75) is 6.61 Å². The Bertz CT molecular complexity index is 910. The van der Waals surface area contributed by atoms with E-state index >= 15 is 0 Å². The summed E-state index contributed by atoms with van der Waals surface area (Å²) in [6.07, 6.45) is 1.43. The molecule has 0 unspecified atom stereocenters. The number of nitrogens with two attached hydrogens (primary N) is 1. The highest BCUT2D eigenvalue weighted by Gasteiger charge is 2.08. The van der Waals surface area contributed by atoms with Crippen LogP contribution in [0.3, 0.4) is 0 Å². The van der Waals surface area contributed by atoms with Crippen molar-refractivity contribution in [3.05, 3.63) is 68.9 Å². The average Bonchev–Trinajstić information content (AvgIpc) is 2.58. The third-order valence-corrected chi connectivity index (χ3v) is 4.47. The maximum atomic E-state index is 13.2. The second-order valence-corrected chi connectivity index (χ2v) is 6.54. The van der Waals surface area contributed by atoms with E-state index in [0.717, 1.165) is 5.56 Å². The van der Waals surface area contributed by atoms with E-state index in [4.69, 9.17) is 22.1 Å². The van der Waals surface area contributed by atoms with Gasteiger partial charge in [0.25, 0.3) is 0 Å². The van der Waals surface area contributed by atoms with Crippen LogP contribution in [0.25, 0.3) is 0 Å². The Balaban J connectivity index is 1.71. The second kappa shape index (κ2) is 7.83. The number of halogens is 3. The SMILES string of the molecule is Nc1c(I)ncnc1Nc1ccc(OCc2cccc(F)c2)c(Cl)c1. The zero-order chi connectivity index (χ0) is 17.8. The Morgan fingerprint density at radius 2 is 2.04 bits per heavy atom. The van der Waals surface area contributed by atoms with Crippen molar-refractivity contribution in [1.29, 1.82) is 0 Å². The van der Waals surface area contributed by atoms with E-state index in [2.05, 4.69) is 15.3 Å². The fraction of sp³-hybridized carbons (Fsp3) is 0.0588. The molecule has 3 aromatic rings. The lowest BCUT2D eigenvalue weighted by Crippen LogP contribution is -2.03. The topological polar surface area (TPSA) is 73.1 Å². The highest BCUT2D eigenvalue weighted by molar-refractivity contribution is 14.1.